The van der Waals surface area contributed by atoms with Crippen molar-refractivity contribution < 1.29 is 0 Å². The lowest BCUT2D eigenvalue weighted by Crippen LogP contribution is -2.31. The number of nitrogens with zero attached hydrogens (tertiary/aromatic N) is 3. The fourth-order valence-electron chi connectivity index (χ4n) is 2.04. The van der Waals surface area contributed by atoms with Gasteiger partial charge in [0.2, 0.25) is 0 Å². The fraction of sp³-hybridized carbons (Fsp3) is 0.786. The molecule has 4 nitrogen and oxygen atoms in total. The maximum Gasteiger partial charge on any atom is 0.0666 e. The normalized spacial score (nSPS) is 11.7. The first kappa shape index (κ1) is 15.2. The Morgan fingerprint density at radius 3 is 2.78 bits per heavy atom. The predicted molar refractivity (Wildman–Crippen MR) is 76.6 cm³/mol. The first-order valence-electron chi connectivity index (χ1n) is 6.93. The summed E-state index contributed by atoms with van der Waals surface area (Å²) in [6.45, 7) is 10.8. The van der Waals surface area contributed by atoms with E-state index in [0.717, 1.165) is 38.5 Å². The van der Waals surface area contributed by atoms with Crippen molar-refractivity contribution in [1.82, 2.24) is 20.0 Å². The fourth-order valence-corrected chi connectivity index (χ4v) is 2.04. The van der Waals surface area contributed by atoms with Crippen LogP contribution in [-0.2, 0) is 20.0 Å². The van der Waals surface area contributed by atoms with Gasteiger partial charge in [-0.15, -0.1) is 0 Å². The van der Waals surface area contributed by atoms with Gasteiger partial charge in [-0.25, -0.2) is 0 Å². The van der Waals surface area contributed by atoms with Crippen molar-refractivity contribution in [3.63, 3.8) is 0 Å². The van der Waals surface area contributed by atoms with Gasteiger partial charge in [0, 0.05) is 38.4 Å². The molecule has 4 heteroatoms. The van der Waals surface area contributed by atoms with Gasteiger partial charge < -0.3 is 10.2 Å². The number of nitrogens with one attached hydrogen (secondary N) is 1. The second-order valence-corrected chi connectivity index (χ2v) is 5.46. The molecule has 0 atom stereocenters. The van der Waals surface area contributed by atoms with Crippen molar-refractivity contribution in [2.45, 2.75) is 33.7 Å². The van der Waals surface area contributed by atoms with Crippen molar-refractivity contribution in [3.05, 3.63) is 17.5 Å². The van der Waals surface area contributed by atoms with E-state index in [1.807, 2.05) is 11.7 Å². The van der Waals surface area contributed by atoms with Gasteiger partial charge in [0.25, 0.3) is 0 Å². The molecular formula is C14H28N4. The zero-order valence-electron chi connectivity index (χ0n) is 12.5. The maximum atomic E-state index is 4.48. The van der Waals surface area contributed by atoms with Gasteiger partial charge in [-0.05, 0) is 25.9 Å². The number of hydrogen-bond acceptors (Lipinski definition) is 3. The average Bonchev–Trinajstić information content (AvgIpc) is 2.64. The summed E-state index contributed by atoms with van der Waals surface area (Å²) < 4.78 is 1.92. The lowest BCUT2D eigenvalue weighted by atomic mass is 10.2. The van der Waals surface area contributed by atoms with Gasteiger partial charge in [0.1, 0.15) is 0 Å². The molecule has 0 radical (unpaired) electrons. The molecule has 0 fully saturated rings. The van der Waals surface area contributed by atoms with Gasteiger partial charge >= 0.3 is 0 Å². The number of rotatable bonds is 8. The summed E-state index contributed by atoms with van der Waals surface area (Å²) in [6, 6.07) is 0. The van der Waals surface area contributed by atoms with Crippen LogP contribution < -0.4 is 5.32 Å². The van der Waals surface area contributed by atoms with Crippen LogP contribution in [0.4, 0.5) is 0 Å². The van der Waals surface area contributed by atoms with E-state index in [9.17, 15) is 0 Å². The highest BCUT2D eigenvalue weighted by molar-refractivity contribution is 5.16. The van der Waals surface area contributed by atoms with Crippen molar-refractivity contribution in [2.75, 3.05) is 26.7 Å². The second kappa shape index (κ2) is 7.54. The molecule has 1 aromatic heterocycles. The summed E-state index contributed by atoms with van der Waals surface area (Å²) in [5.74, 6) is 0.723. The van der Waals surface area contributed by atoms with E-state index in [0.29, 0.717) is 0 Å². The van der Waals surface area contributed by atoms with Gasteiger partial charge in [0.15, 0.2) is 0 Å². The zero-order valence-corrected chi connectivity index (χ0v) is 12.5. The molecule has 1 aromatic rings. The molecule has 0 spiro atoms. The van der Waals surface area contributed by atoms with Crippen LogP contribution in [0.25, 0.3) is 0 Å². The highest BCUT2D eigenvalue weighted by Gasteiger charge is 2.08. The average molecular weight is 252 g/mol. The van der Waals surface area contributed by atoms with Crippen LogP contribution in [0.5, 0.6) is 0 Å². The van der Waals surface area contributed by atoms with Crippen molar-refractivity contribution >= 4 is 0 Å². The van der Waals surface area contributed by atoms with Gasteiger partial charge in [0.05, 0.1) is 5.69 Å². The topological polar surface area (TPSA) is 33.1 Å². The summed E-state index contributed by atoms with van der Waals surface area (Å²) >= 11 is 0. The smallest absolute Gasteiger partial charge is 0.0666 e. The van der Waals surface area contributed by atoms with E-state index < -0.39 is 0 Å². The van der Waals surface area contributed by atoms with Crippen molar-refractivity contribution in [2.24, 2.45) is 13.0 Å². The van der Waals surface area contributed by atoms with Gasteiger partial charge in [-0.3, -0.25) is 4.68 Å². The Labute approximate surface area is 111 Å². The first-order chi connectivity index (χ1) is 8.52. The Kier molecular flexibility index (Phi) is 6.36. The number of aryl methyl sites for hydroxylation is 2. The van der Waals surface area contributed by atoms with Crippen molar-refractivity contribution in [1.29, 1.82) is 0 Å². The largest absolute Gasteiger partial charge is 0.315 e. The minimum Gasteiger partial charge on any atom is -0.315 e. The predicted octanol–water partition coefficient (Wildman–Crippen LogP) is 1.66. The molecule has 0 aromatic carbocycles. The summed E-state index contributed by atoms with van der Waals surface area (Å²) in [7, 11) is 4.16. The Balaban J connectivity index is 2.32. The molecule has 0 saturated carbocycles. The molecule has 0 aliphatic heterocycles. The third-order valence-electron chi connectivity index (χ3n) is 2.99. The molecule has 104 valence electrons. The molecule has 0 bridgehead atoms. The van der Waals surface area contributed by atoms with E-state index in [-0.39, 0.29) is 0 Å². The lowest BCUT2D eigenvalue weighted by molar-refractivity contribution is 0.321. The van der Waals surface area contributed by atoms with E-state index in [1.54, 1.807) is 0 Å². The molecule has 0 unspecified atom stereocenters. The minimum absolute atomic E-state index is 0.723. The number of aromatic nitrogens is 2. The van der Waals surface area contributed by atoms with Crippen LogP contribution in [-0.4, -0.2) is 41.4 Å². The standard InChI is InChI=1S/C14H28N4/c1-6-14-13(11-18(5)16-14)10-17(4)8-7-15-9-12(2)3/h11-12,15H,6-10H2,1-5H3. The van der Waals surface area contributed by atoms with Crippen LogP contribution in [0, 0.1) is 5.92 Å². The lowest BCUT2D eigenvalue weighted by Gasteiger charge is -2.17. The van der Waals surface area contributed by atoms with Crippen LogP contribution >= 0.6 is 0 Å². The third-order valence-corrected chi connectivity index (χ3v) is 2.99. The molecule has 1 heterocycles. The molecule has 1 rings (SSSR count). The summed E-state index contributed by atoms with van der Waals surface area (Å²) in [5, 5.41) is 7.95. The Hall–Kier alpha value is -0.870. The van der Waals surface area contributed by atoms with Crippen LogP contribution in [0.15, 0.2) is 6.20 Å². The summed E-state index contributed by atoms with van der Waals surface area (Å²) in [4.78, 5) is 2.35. The van der Waals surface area contributed by atoms with E-state index >= 15 is 0 Å². The highest BCUT2D eigenvalue weighted by atomic mass is 15.3. The molecule has 0 saturated heterocycles. The van der Waals surface area contributed by atoms with Crippen LogP contribution in [0.3, 0.4) is 0 Å². The maximum absolute atomic E-state index is 4.48. The number of hydrogen-bond donors (Lipinski definition) is 1. The minimum atomic E-state index is 0.723. The SMILES string of the molecule is CCc1nn(C)cc1CN(C)CCNCC(C)C. The highest BCUT2D eigenvalue weighted by Crippen LogP contribution is 2.09. The third kappa shape index (κ3) is 5.19. The Bertz CT molecular complexity index is 344. The number of likely N-dealkylation sites (N-methyl/N-ethyl adjacent to an activating group) is 1. The van der Waals surface area contributed by atoms with E-state index in [1.165, 1.54) is 11.3 Å². The molecule has 18 heavy (non-hydrogen) atoms. The van der Waals surface area contributed by atoms with E-state index in [2.05, 4.69) is 49.3 Å². The molecule has 0 aliphatic carbocycles. The van der Waals surface area contributed by atoms with Crippen molar-refractivity contribution in [3.8, 4) is 0 Å². The Morgan fingerprint density at radius 2 is 2.17 bits per heavy atom. The van der Waals surface area contributed by atoms with Crippen LogP contribution in [0.2, 0.25) is 0 Å². The van der Waals surface area contributed by atoms with Gasteiger partial charge in [-0.1, -0.05) is 20.8 Å². The molecule has 1 N–H and O–H groups in total. The first-order valence-corrected chi connectivity index (χ1v) is 6.93. The summed E-state index contributed by atoms with van der Waals surface area (Å²) in [6.07, 6.45) is 3.15. The molecule has 0 amide bonds. The van der Waals surface area contributed by atoms with Crippen LogP contribution in [0.1, 0.15) is 32.0 Å². The van der Waals surface area contributed by atoms with Gasteiger partial charge in [-0.2, -0.15) is 5.10 Å². The molecule has 0 aliphatic rings. The molecular weight excluding hydrogens is 224 g/mol. The van der Waals surface area contributed by atoms with E-state index in [4.69, 9.17) is 0 Å². The Morgan fingerprint density at radius 1 is 1.44 bits per heavy atom. The summed E-state index contributed by atoms with van der Waals surface area (Å²) in [5.41, 5.74) is 2.57. The monoisotopic (exact) mass is 252 g/mol. The quantitative estimate of drug-likeness (QED) is 0.714. The zero-order chi connectivity index (χ0) is 13.5. The second-order valence-electron chi connectivity index (χ2n) is 5.46.